The molecule has 0 aliphatic carbocycles. The van der Waals surface area contributed by atoms with Crippen LogP contribution in [0.3, 0.4) is 0 Å². The molecule has 2 N–H and O–H groups in total. The van der Waals surface area contributed by atoms with Gasteiger partial charge in [-0.3, -0.25) is 0 Å². The zero-order valence-electron chi connectivity index (χ0n) is 26.5. The first-order chi connectivity index (χ1) is 18.9. The molecule has 0 saturated carbocycles. The lowest BCUT2D eigenvalue weighted by molar-refractivity contribution is 0.0696. The molecule has 1 aromatic rings. The summed E-state index contributed by atoms with van der Waals surface area (Å²) in [6.45, 7) is 17.1. The Morgan fingerprint density at radius 3 is 1.23 bits per heavy atom. The highest BCUT2D eigenvalue weighted by Gasteiger charge is 2.13. The van der Waals surface area contributed by atoms with Crippen LogP contribution < -0.4 is 0 Å². The highest BCUT2D eigenvalue weighted by molar-refractivity contribution is 5.88. The van der Waals surface area contributed by atoms with Gasteiger partial charge in [-0.05, 0) is 143 Å². The first kappa shape index (κ1) is 35.0. The summed E-state index contributed by atoms with van der Waals surface area (Å²) in [4.78, 5) is 11.8. The molecule has 0 saturated heterocycles. The van der Waals surface area contributed by atoms with Gasteiger partial charge in [0, 0.05) is 0 Å². The van der Waals surface area contributed by atoms with Crippen molar-refractivity contribution in [1.29, 1.82) is 0 Å². The molecule has 0 amide bonds. The number of hydrogen-bond donors (Lipinski definition) is 2. The lowest BCUT2D eigenvalue weighted by Gasteiger charge is -2.11. The van der Waals surface area contributed by atoms with Crippen LogP contribution in [0.2, 0.25) is 0 Å². The van der Waals surface area contributed by atoms with Crippen molar-refractivity contribution in [3.8, 4) is 5.75 Å². The van der Waals surface area contributed by atoms with Gasteiger partial charge in [0.25, 0.3) is 0 Å². The van der Waals surface area contributed by atoms with Gasteiger partial charge in [-0.2, -0.15) is 0 Å². The second-order valence-electron chi connectivity index (χ2n) is 11.8. The van der Waals surface area contributed by atoms with Crippen molar-refractivity contribution >= 4 is 5.97 Å². The summed E-state index contributed by atoms with van der Waals surface area (Å²) in [6.07, 6.45) is 22.7. The van der Waals surface area contributed by atoms with Crippen LogP contribution in [0.5, 0.6) is 5.75 Å². The van der Waals surface area contributed by atoms with Crippen molar-refractivity contribution in [2.24, 2.45) is 0 Å². The Morgan fingerprint density at radius 2 is 0.900 bits per heavy atom. The van der Waals surface area contributed by atoms with E-state index >= 15 is 0 Å². The first-order valence-corrected chi connectivity index (χ1v) is 14.9. The van der Waals surface area contributed by atoms with Gasteiger partial charge in [-0.25, -0.2) is 4.79 Å². The zero-order chi connectivity index (χ0) is 30.1. The van der Waals surface area contributed by atoms with Crippen LogP contribution in [0.25, 0.3) is 0 Å². The van der Waals surface area contributed by atoms with Crippen molar-refractivity contribution in [2.45, 2.75) is 120 Å². The molecule has 40 heavy (non-hydrogen) atoms. The number of carboxylic acids is 1. The Balaban J connectivity index is 2.81. The van der Waals surface area contributed by atoms with Gasteiger partial charge < -0.3 is 10.2 Å². The summed E-state index contributed by atoms with van der Waals surface area (Å²) < 4.78 is 0. The van der Waals surface area contributed by atoms with Crippen molar-refractivity contribution in [3.05, 3.63) is 98.7 Å². The number of phenolic OH excluding ortho intramolecular Hbond substituents is 1. The van der Waals surface area contributed by atoms with Crippen LogP contribution >= 0.6 is 0 Å². The Hall–Kier alpha value is -3.07. The summed E-state index contributed by atoms with van der Waals surface area (Å²) in [5.41, 5.74) is 9.61. The van der Waals surface area contributed by atoms with E-state index in [-0.39, 0.29) is 11.3 Å². The van der Waals surface area contributed by atoms with E-state index in [0.29, 0.717) is 24.0 Å². The van der Waals surface area contributed by atoms with Gasteiger partial charge in [0.15, 0.2) is 0 Å². The molecule has 3 heteroatoms. The number of aromatic carboxylic acids is 1. The normalized spacial score (nSPS) is 12.9. The Morgan fingerprint density at radius 1 is 0.575 bits per heavy atom. The topological polar surface area (TPSA) is 57.5 Å². The standard InChI is InChI=1S/C37H54O3/c1-27(2)13-9-15-29(5)17-11-19-31(7)21-23-33-25-35(37(39)40)26-34(36(33)38)24-22-32(8)20-12-18-30(6)16-10-14-28(3)4/h13-14,17-18,21-22,25-26,38H,9-12,15-16,19-20,23-24H2,1-8H3,(H,39,40)/b29-17+,30-18+,31-21+,32-22+. The molecular weight excluding hydrogens is 492 g/mol. The molecule has 220 valence electrons. The number of allylic oxidation sites excluding steroid dienone is 12. The van der Waals surface area contributed by atoms with Gasteiger partial charge in [0.1, 0.15) is 5.75 Å². The third kappa shape index (κ3) is 15.5. The molecule has 3 nitrogen and oxygen atoms in total. The molecule has 0 fully saturated rings. The molecule has 0 atom stereocenters. The quantitative estimate of drug-likeness (QED) is 0.191. The minimum atomic E-state index is -0.966. The number of carbonyl (C=O) groups is 1. The summed E-state index contributed by atoms with van der Waals surface area (Å²) in [5.74, 6) is -0.755. The molecule has 0 bridgehead atoms. The van der Waals surface area contributed by atoms with Crippen LogP contribution in [-0.4, -0.2) is 16.2 Å². The van der Waals surface area contributed by atoms with Gasteiger partial charge in [-0.15, -0.1) is 0 Å². The summed E-state index contributed by atoms with van der Waals surface area (Å²) in [7, 11) is 0. The minimum absolute atomic E-state index is 0.211. The predicted molar refractivity (Wildman–Crippen MR) is 173 cm³/mol. The Kier molecular flexibility index (Phi) is 16.7. The van der Waals surface area contributed by atoms with E-state index in [1.54, 1.807) is 12.1 Å². The van der Waals surface area contributed by atoms with E-state index in [4.69, 9.17) is 0 Å². The fourth-order valence-electron chi connectivity index (χ4n) is 4.44. The van der Waals surface area contributed by atoms with Gasteiger partial charge in [0.05, 0.1) is 5.56 Å². The molecule has 1 aromatic carbocycles. The SMILES string of the molecule is CC(C)=CCC/C(C)=C/CC/C(C)=C/Cc1cc(C(=O)O)cc(C/C=C(\C)CC/C=C(\C)CCC=C(C)C)c1O. The number of aromatic hydroxyl groups is 1. The maximum absolute atomic E-state index is 11.8. The van der Waals surface area contributed by atoms with E-state index in [9.17, 15) is 15.0 Å². The van der Waals surface area contributed by atoms with Crippen LogP contribution in [0, 0.1) is 0 Å². The van der Waals surface area contributed by atoms with Gasteiger partial charge in [0.2, 0.25) is 0 Å². The molecule has 1 rings (SSSR count). The van der Waals surface area contributed by atoms with Gasteiger partial charge in [-0.1, -0.05) is 69.9 Å². The van der Waals surface area contributed by atoms with Crippen molar-refractivity contribution in [3.63, 3.8) is 0 Å². The van der Waals surface area contributed by atoms with E-state index in [0.717, 1.165) is 51.4 Å². The minimum Gasteiger partial charge on any atom is -0.507 e. The number of carboxylic acid groups (broad SMARTS) is 1. The Labute approximate surface area is 244 Å². The van der Waals surface area contributed by atoms with Crippen LogP contribution in [0.1, 0.15) is 128 Å². The second-order valence-corrected chi connectivity index (χ2v) is 11.8. The number of benzene rings is 1. The van der Waals surface area contributed by atoms with E-state index < -0.39 is 5.97 Å². The third-order valence-electron chi connectivity index (χ3n) is 7.10. The highest BCUT2D eigenvalue weighted by atomic mass is 16.4. The monoisotopic (exact) mass is 546 g/mol. The number of rotatable bonds is 17. The van der Waals surface area contributed by atoms with E-state index in [1.165, 1.54) is 33.4 Å². The maximum atomic E-state index is 11.8. The van der Waals surface area contributed by atoms with E-state index in [1.807, 2.05) is 0 Å². The average molecular weight is 547 g/mol. The summed E-state index contributed by atoms with van der Waals surface area (Å²) in [5, 5.41) is 20.6. The van der Waals surface area contributed by atoms with Crippen molar-refractivity contribution < 1.29 is 15.0 Å². The molecule has 0 aromatic heterocycles. The van der Waals surface area contributed by atoms with Gasteiger partial charge >= 0.3 is 5.97 Å². The first-order valence-electron chi connectivity index (χ1n) is 14.9. The molecule has 0 heterocycles. The molecule has 0 radical (unpaired) electrons. The second kappa shape index (κ2) is 19.1. The fourth-order valence-corrected chi connectivity index (χ4v) is 4.44. The molecule has 0 aliphatic rings. The van der Waals surface area contributed by atoms with Crippen LogP contribution in [0.15, 0.2) is 82.0 Å². The van der Waals surface area contributed by atoms with Crippen molar-refractivity contribution in [2.75, 3.05) is 0 Å². The summed E-state index contributed by atoms with van der Waals surface area (Å²) in [6, 6.07) is 3.22. The number of phenols is 1. The van der Waals surface area contributed by atoms with Crippen molar-refractivity contribution in [1.82, 2.24) is 0 Å². The number of hydrogen-bond acceptors (Lipinski definition) is 2. The predicted octanol–water partition coefficient (Wildman–Crippen LogP) is 11.0. The largest absolute Gasteiger partial charge is 0.507 e. The smallest absolute Gasteiger partial charge is 0.335 e. The highest BCUT2D eigenvalue weighted by Crippen LogP contribution is 2.28. The van der Waals surface area contributed by atoms with Crippen LogP contribution in [0.4, 0.5) is 0 Å². The Bertz CT molecular complexity index is 1060. The third-order valence-corrected chi connectivity index (χ3v) is 7.10. The average Bonchev–Trinajstić information content (AvgIpc) is 2.86. The zero-order valence-corrected chi connectivity index (χ0v) is 26.5. The lowest BCUT2D eigenvalue weighted by atomic mass is 9.97. The maximum Gasteiger partial charge on any atom is 0.335 e. The summed E-state index contributed by atoms with van der Waals surface area (Å²) >= 11 is 0. The lowest BCUT2D eigenvalue weighted by Crippen LogP contribution is -2.01. The molecule has 0 spiro atoms. The fraction of sp³-hybridized carbons (Fsp3) is 0.486. The van der Waals surface area contributed by atoms with E-state index in [2.05, 4.69) is 91.8 Å². The molecule has 0 unspecified atom stereocenters. The molecular formula is C37H54O3. The van der Waals surface area contributed by atoms with Crippen LogP contribution in [-0.2, 0) is 12.8 Å². The molecule has 0 aliphatic heterocycles.